The van der Waals surface area contributed by atoms with Crippen molar-refractivity contribution >= 4 is 23.3 Å². The van der Waals surface area contributed by atoms with Gasteiger partial charge in [-0.15, -0.1) is 0 Å². The molecule has 1 aromatic heterocycles. The topological polar surface area (TPSA) is 102 Å². The highest BCUT2D eigenvalue weighted by molar-refractivity contribution is 6.05. The van der Waals surface area contributed by atoms with Gasteiger partial charge in [-0.2, -0.15) is 0 Å². The lowest BCUT2D eigenvalue weighted by Crippen LogP contribution is -2.26. The first-order chi connectivity index (χ1) is 13.3. The van der Waals surface area contributed by atoms with Gasteiger partial charge in [0.05, 0.1) is 24.8 Å². The minimum absolute atomic E-state index is 0.107. The van der Waals surface area contributed by atoms with E-state index in [1.54, 1.807) is 45.2 Å². The molecular formula is C20H22FN5O2. The molecule has 1 aliphatic rings. The summed E-state index contributed by atoms with van der Waals surface area (Å²) < 4.78 is 19.1. The van der Waals surface area contributed by atoms with Crippen LogP contribution in [0.3, 0.4) is 0 Å². The van der Waals surface area contributed by atoms with Crippen LogP contribution in [0.1, 0.15) is 37.7 Å². The van der Waals surface area contributed by atoms with Gasteiger partial charge in [-0.1, -0.05) is 18.2 Å². The summed E-state index contributed by atoms with van der Waals surface area (Å²) in [5, 5.41) is 2.75. The van der Waals surface area contributed by atoms with Crippen molar-refractivity contribution < 1.29 is 13.9 Å². The maximum absolute atomic E-state index is 13.8. The molecule has 3 N–H and O–H groups in total. The van der Waals surface area contributed by atoms with Gasteiger partial charge in [0, 0.05) is 22.9 Å². The molecule has 0 spiro atoms. The van der Waals surface area contributed by atoms with Crippen molar-refractivity contribution in [1.29, 1.82) is 0 Å². The molecular weight excluding hydrogens is 361 g/mol. The Morgan fingerprint density at radius 3 is 2.75 bits per heavy atom. The molecule has 0 atom stereocenters. The third-order valence-corrected chi connectivity index (χ3v) is 4.77. The molecule has 2 heterocycles. The summed E-state index contributed by atoms with van der Waals surface area (Å²) in [6.07, 6.45) is 1.60. The van der Waals surface area contributed by atoms with E-state index in [9.17, 15) is 9.18 Å². The molecule has 0 bridgehead atoms. The Balaban J connectivity index is 1.92. The first-order valence-electron chi connectivity index (χ1n) is 8.73. The molecule has 0 fully saturated rings. The Bertz CT molecular complexity index is 998. The van der Waals surface area contributed by atoms with Gasteiger partial charge in [-0.05, 0) is 26.8 Å². The van der Waals surface area contributed by atoms with Crippen molar-refractivity contribution in [2.45, 2.75) is 32.7 Å². The maximum atomic E-state index is 13.8. The number of carbonyl (C=O) groups is 1. The number of nitrogens with one attached hydrogen (secondary N) is 1. The van der Waals surface area contributed by atoms with E-state index < -0.39 is 5.41 Å². The number of benzene rings is 1. The molecule has 2 aromatic rings. The summed E-state index contributed by atoms with van der Waals surface area (Å²) >= 11 is 0. The molecule has 7 nitrogen and oxygen atoms in total. The third kappa shape index (κ3) is 3.45. The van der Waals surface area contributed by atoms with E-state index >= 15 is 0 Å². The summed E-state index contributed by atoms with van der Waals surface area (Å²) in [4.78, 5) is 25.1. The number of aromatic nitrogens is 2. The second-order valence-electron chi connectivity index (χ2n) is 6.99. The van der Waals surface area contributed by atoms with Crippen LogP contribution < -0.4 is 11.1 Å². The molecule has 0 saturated heterocycles. The molecule has 0 radical (unpaired) electrons. The van der Waals surface area contributed by atoms with Gasteiger partial charge in [0.25, 0.3) is 0 Å². The maximum Gasteiger partial charge on any atom is 0.235 e. The molecule has 0 saturated carbocycles. The largest absolute Gasteiger partial charge is 0.481 e. The van der Waals surface area contributed by atoms with Crippen LogP contribution in [0, 0.1) is 5.82 Å². The van der Waals surface area contributed by atoms with Crippen molar-refractivity contribution in [1.82, 2.24) is 9.97 Å². The minimum Gasteiger partial charge on any atom is -0.481 e. The predicted octanol–water partition coefficient (Wildman–Crippen LogP) is 2.78. The lowest BCUT2D eigenvalue weighted by Gasteiger charge is -2.14. The Labute approximate surface area is 162 Å². The van der Waals surface area contributed by atoms with Crippen LogP contribution in [0.15, 0.2) is 41.0 Å². The second-order valence-corrected chi connectivity index (χ2v) is 6.99. The van der Waals surface area contributed by atoms with Gasteiger partial charge < -0.3 is 15.8 Å². The molecule has 0 aliphatic carbocycles. The first kappa shape index (κ1) is 19.5. The van der Waals surface area contributed by atoms with Gasteiger partial charge in [-0.3, -0.25) is 4.79 Å². The number of hydrogen-bond acceptors (Lipinski definition) is 6. The molecule has 3 rings (SSSR count). The zero-order chi connectivity index (χ0) is 20.5. The summed E-state index contributed by atoms with van der Waals surface area (Å²) in [5.74, 6) is 0.478. The van der Waals surface area contributed by atoms with Gasteiger partial charge >= 0.3 is 0 Å². The zero-order valence-electron chi connectivity index (χ0n) is 16.2. The lowest BCUT2D eigenvalue weighted by molar-refractivity contribution is -0.119. The van der Waals surface area contributed by atoms with E-state index in [0.717, 1.165) is 0 Å². The fourth-order valence-electron chi connectivity index (χ4n) is 2.85. The van der Waals surface area contributed by atoms with Crippen LogP contribution in [0.4, 0.5) is 10.2 Å². The number of fused-ring (bicyclic) bond motifs is 1. The number of amides is 1. The van der Waals surface area contributed by atoms with Crippen LogP contribution in [-0.4, -0.2) is 28.9 Å². The number of anilines is 1. The average molecular weight is 383 g/mol. The summed E-state index contributed by atoms with van der Waals surface area (Å²) in [6, 6.07) is 6.39. The van der Waals surface area contributed by atoms with Crippen LogP contribution in [0.25, 0.3) is 5.70 Å². The number of nitrogens with two attached hydrogens (primary N) is 1. The molecule has 8 heteroatoms. The number of methoxy groups -OCH3 is 1. The number of hydrogen-bond donors (Lipinski definition) is 2. The quantitative estimate of drug-likeness (QED) is 0.624. The predicted molar refractivity (Wildman–Crippen MR) is 105 cm³/mol. The molecule has 1 aromatic carbocycles. The Kier molecular flexibility index (Phi) is 5.13. The zero-order valence-corrected chi connectivity index (χ0v) is 16.2. The summed E-state index contributed by atoms with van der Waals surface area (Å²) in [6.45, 7) is 5.44. The molecule has 28 heavy (non-hydrogen) atoms. The standard InChI is InChI=1S/C20H22FN5O2/c1-11(18(28-4)24-9-12-7-5-6-8-14(12)21)15(22)17-23-10-13-16(25-17)26-19(27)20(13,2)3/h5-8,10H,9,22H2,1-4H3,(H,23,25,26,27). The van der Waals surface area contributed by atoms with E-state index in [1.807, 2.05) is 0 Å². The number of aliphatic imine (C=N–C) groups is 1. The number of halogens is 1. The third-order valence-electron chi connectivity index (χ3n) is 4.77. The SMILES string of the molecule is COC(=NCc1ccccc1F)C(C)=C(N)c1ncc2c(n1)NC(=O)C2(C)C. The van der Waals surface area contributed by atoms with Crippen LogP contribution in [0.5, 0.6) is 0 Å². The highest BCUT2D eigenvalue weighted by Gasteiger charge is 2.40. The van der Waals surface area contributed by atoms with Crippen molar-refractivity contribution in [3.05, 3.63) is 58.8 Å². The van der Waals surface area contributed by atoms with E-state index in [0.29, 0.717) is 22.5 Å². The van der Waals surface area contributed by atoms with Gasteiger partial charge in [0.1, 0.15) is 11.6 Å². The normalized spacial score (nSPS) is 16.3. The van der Waals surface area contributed by atoms with E-state index in [-0.39, 0.29) is 35.7 Å². The molecule has 0 unspecified atom stereocenters. The average Bonchev–Trinajstić information content (AvgIpc) is 2.91. The summed E-state index contributed by atoms with van der Waals surface area (Å²) in [7, 11) is 1.46. The fourth-order valence-corrected chi connectivity index (χ4v) is 2.85. The number of nitrogens with zero attached hydrogens (tertiary/aromatic N) is 3. The van der Waals surface area contributed by atoms with Crippen LogP contribution >= 0.6 is 0 Å². The highest BCUT2D eigenvalue weighted by atomic mass is 19.1. The molecule has 146 valence electrons. The minimum atomic E-state index is -0.694. The number of rotatable bonds is 4. The van der Waals surface area contributed by atoms with E-state index in [4.69, 9.17) is 10.5 Å². The monoisotopic (exact) mass is 383 g/mol. The van der Waals surface area contributed by atoms with Crippen LogP contribution in [-0.2, 0) is 21.5 Å². The van der Waals surface area contributed by atoms with Crippen molar-refractivity contribution in [2.24, 2.45) is 10.7 Å². The van der Waals surface area contributed by atoms with Gasteiger partial charge in [0.2, 0.25) is 11.8 Å². The number of carbonyl (C=O) groups excluding carboxylic acids is 1. The van der Waals surface area contributed by atoms with Gasteiger partial charge in [-0.25, -0.2) is 19.4 Å². The van der Waals surface area contributed by atoms with E-state index in [2.05, 4.69) is 20.3 Å². The smallest absolute Gasteiger partial charge is 0.235 e. The molecule has 1 amide bonds. The van der Waals surface area contributed by atoms with Crippen molar-refractivity contribution in [3.63, 3.8) is 0 Å². The first-order valence-corrected chi connectivity index (χ1v) is 8.73. The molecule has 1 aliphatic heterocycles. The Hall–Kier alpha value is -3.29. The second kappa shape index (κ2) is 7.38. The van der Waals surface area contributed by atoms with E-state index in [1.165, 1.54) is 13.2 Å². The Morgan fingerprint density at radius 2 is 2.07 bits per heavy atom. The van der Waals surface area contributed by atoms with Crippen molar-refractivity contribution in [3.8, 4) is 0 Å². The van der Waals surface area contributed by atoms with Crippen molar-refractivity contribution in [2.75, 3.05) is 12.4 Å². The van der Waals surface area contributed by atoms with Crippen LogP contribution in [0.2, 0.25) is 0 Å². The lowest BCUT2D eigenvalue weighted by atomic mass is 9.88. The van der Waals surface area contributed by atoms with Gasteiger partial charge in [0.15, 0.2) is 5.82 Å². The highest BCUT2D eigenvalue weighted by Crippen LogP contribution is 2.35. The summed E-state index contributed by atoms with van der Waals surface area (Å²) in [5.41, 5.74) is 7.46. The Morgan fingerprint density at radius 1 is 1.36 bits per heavy atom. The number of ether oxygens (including phenoxy) is 1. The fraction of sp³-hybridized carbons (Fsp3) is 0.300.